The summed E-state index contributed by atoms with van der Waals surface area (Å²) in [4.78, 5) is 14.0. The van der Waals surface area contributed by atoms with Gasteiger partial charge in [0, 0.05) is 23.1 Å². The van der Waals surface area contributed by atoms with Crippen LogP contribution in [0.3, 0.4) is 0 Å². The maximum absolute atomic E-state index is 12.1. The maximum atomic E-state index is 12.1. The summed E-state index contributed by atoms with van der Waals surface area (Å²) >= 11 is 11.9. The molecule has 0 unspecified atom stereocenters. The molecule has 4 nitrogen and oxygen atoms in total. The molecule has 2 fully saturated rings. The minimum absolute atomic E-state index is 0.196. The van der Waals surface area contributed by atoms with Crippen LogP contribution in [0.25, 0.3) is 0 Å². The van der Waals surface area contributed by atoms with Crippen molar-refractivity contribution in [1.29, 1.82) is 0 Å². The Hall–Kier alpha value is -0.970. The second-order valence-electron chi connectivity index (χ2n) is 5.75. The molecule has 6 heteroatoms. The second-order valence-corrected chi connectivity index (χ2v) is 6.62. The van der Waals surface area contributed by atoms with Crippen molar-refractivity contribution >= 4 is 29.3 Å². The highest BCUT2D eigenvalue weighted by molar-refractivity contribution is 6.34. The van der Waals surface area contributed by atoms with Crippen molar-refractivity contribution in [3.8, 4) is 0 Å². The summed E-state index contributed by atoms with van der Waals surface area (Å²) in [5.41, 5.74) is 0.804. The van der Waals surface area contributed by atoms with Gasteiger partial charge in [-0.15, -0.1) is 0 Å². The molecule has 1 N–H and O–H groups in total. The highest BCUT2D eigenvalue weighted by Gasteiger charge is 2.34. The highest BCUT2D eigenvalue weighted by atomic mass is 35.5. The van der Waals surface area contributed by atoms with Crippen LogP contribution in [0.5, 0.6) is 0 Å². The Balaban J connectivity index is 1.54. The molecule has 0 saturated carbocycles. The predicted molar refractivity (Wildman–Crippen MR) is 82.7 cm³/mol. The van der Waals surface area contributed by atoms with Gasteiger partial charge in [-0.25, -0.2) is 4.79 Å². The van der Waals surface area contributed by atoms with Crippen molar-refractivity contribution < 1.29 is 9.53 Å². The molecule has 0 spiro atoms. The average molecular weight is 329 g/mol. The van der Waals surface area contributed by atoms with Gasteiger partial charge in [0.15, 0.2) is 0 Å². The van der Waals surface area contributed by atoms with Gasteiger partial charge in [-0.2, -0.15) is 0 Å². The van der Waals surface area contributed by atoms with Gasteiger partial charge in [-0.1, -0.05) is 23.2 Å². The van der Waals surface area contributed by atoms with E-state index >= 15 is 0 Å². The third kappa shape index (κ3) is 3.62. The normalized spacial score (nSPS) is 24.8. The first kappa shape index (κ1) is 14.9. The van der Waals surface area contributed by atoms with Crippen LogP contribution in [-0.4, -0.2) is 37.2 Å². The number of ether oxygens (including phenoxy) is 1. The summed E-state index contributed by atoms with van der Waals surface area (Å²) in [6.45, 7) is 3.83. The summed E-state index contributed by atoms with van der Waals surface area (Å²) < 4.78 is 5.38. The molecule has 2 aliphatic heterocycles. The van der Waals surface area contributed by atoms with Crippen LogP contribution < -0.4 is 5.32 Å². The SMILES string of the molecule is O=C(OCc1cc(Cl)cc(Cl)c1)N1CC[C@H]2CNC[C@H]2C1. The van der Waals surface area contributed by atoms with Crippen LogP contribution in [-0.2, 0) is 11.3 Å². The van der Waals surface area contributed by atoms with Crippen LogP contribution in [0.1, 0.15) is 12.0 Å². The molecule has 0 bridgehead atoms. The van der Waals surface area contributed by atoms with Gasteiger partial charge in [0.25, 0.3) is 0 Å². The Morgan fingerprint density at radius 1 is 1.24 bits per heavy atom. The van der Waals surface area contributed by atoms with Gasteiger partial charge in [0.1, 0.15) is 6.61 Å². The van der Waals surface area contributed by atoms with E-state index in [4.69, 9.17) is 27.9 Å². The van der Waals surface area contributed by atoms with Gasteiger partial charge < -0.3 is 15.0 Å². The minimum Gasteiger partial charge on any atom is -0.445 e. The summed E-state index contributed by atoms with van der Waals surface area (Å²) in [5, 5.41) is 4.48. The van der Waals surface area contributed by atoms with Crippen molar-refractivity contribution in [2.75, 3.05) is 26.2 Å². The average Bonchev–Trinajstić information content (AvgIpc) is 2.91. The lowest BCUT2D eigenvalue weighted by Crippen LogP contribution is -2.43. The smallest absolute Gasteiger partial charge is 0.410 e. The summed E-state index contributed by atoms with van der Waals surface area (Å²) in [5.74, 6) is 1.27. The van der Waals surface area contributed by atoms with E-state index in [-0.39, 0.29) is 12.7 Å². The Morgan fingerprint density at radius 2 is 1.95 bits per heavy atom. The van der Waals surface area contributed by atoms with Gasteiger partial charge in [0.05, 0.1) is 0 Å². The molecule has 2 aliphatic rings. The molecule has 114 valence electrons. The molecular formula is C15H18Cl2N2O2. The lowest BCUT2D eigenvalue weighted by Gasteiger charge is -2.33. The summed E-state index contributed by atoms with van der Waals surface area (Å²) in [7, 11) is 0. The number of benzene rings is 1. The fraction of sp³-hybridized carbons (Fsp3) is 0.533. The van der Waals surface area contributed by atoms with Gasteiger partial charge in [0.2, 0.25) is 0 Å². The Labute approximate surface area is 134 Å². The molecule has 0 radical (unpaired) electrons. The first-order valence-corrected chi connectivity index (χ1v) is 7.95. The van der Waals surface area contributed by atoms with Crippen molar-refractivity contribution in [3.05, 3.63) is 33.8 Å². The number of carbonyl (C=O) groups is 1. The van der Waals surface area contributed by atoms with Crippen LogP contribution in [0.4, 0.5) is 4.79 Å². The molecule has 2 heterocycles. The molecule has 1 amide bonds. The van der Waals surface area contributed by atoms with Crippen molar-refractivity contribution in [2.45, 2.75) is 13.0 Å². The summed E-state index contributed by atoms with van der Waals surface area (Å²) in [6, 6.07) is 5.17. The number of amides is 1. The third-order valence-corrected chi connectivity index (χ3v) is 4.68. The molecular weight excluding hydrogens is 311 g/mol. The largest absolute Gasteiger partial charge is 0.445 e. The number of carbonyl (C=O) groups excluding carboxylic acids is 1. The quantitative estimate of drug-likeness (QED) is 0.906. The van der Waals surface area contributed by atoms with Crippen LogP contribution in [0.15, 0.2) is 18.2 Å². The first-order valence-electron chi connectivity index (χ1n) is 7.19. The molecule has 0 aliphatic carbocycles. The van der Waals surface area contributed by atoms with Gasteiger partial charge >= 0.3 is 6.09 Å². The van der Waals surface area contributed by atoms with Crippen molar-refractivity contribution in [3.63, 3.8) is 0 Å². The first-order chi connectivity index (χ1) is 10.1. The van der Waals surface area contributed by atoms with Crippen LogP contribution in [0.2, 0.25) is 10.0 Å². The van der Waals surface area contributed by atoms with Gasteiger partial charge in [-0.3, -0.25) is 0 Å². The monoisotopic (exact) mass is 328 g/mol. The van der Waals surface area contributed by atoms with E-state index in [0.717, 1.165) is 38.2 Å². The Bertz CT molecular complexity index is 518. The van der Waals surface area contributed by atoms with Crippen molar-refractivity contribution in [1.82, 2.24) is 10.2 Å². The third-order valence-electron chi connectivity index (χ3n) is 4.25. The van der Waals surface area contributed by atoms with E-state index in [1.807, 2.05) is 0 Å². The number of halogens is 2. The number of rotatable bonds is 2. The number of hydrogen-bond acceptors (Lipinski definition) is 3. The highest BCUT2D eigenvalue weighted by Crippen LogP contribution is 2.27. The standard InChI is InChI=1S/C15H18Cl2N2O2/c16-13-3-10(4-14(17)5-13)9-21-15(20)19-2-1-11-6-18-7-12(11)8-19/h3-5,11-12,18H,1-2,6-9H2/t11-,12-/m0/s1. The fourth-order valence-corrected chi connectivity index (χ4v) is 3.70. The predicted octanol–water partition coefficient (Wildman–Crippen LogP) is 3.17. The summed E-state index contributed by atoms with van der Waals surface area (Å²) in [6.07, 6.45) is 0.798. The Morgan fingerprint density at radius 3 is 2.71 bits per heavy atom. The number of nitrogens with zero attached hydrogens (tertiary/aromatic N) is 1. The van der Waals surface area contributed by atoms with E-state index in [1.165, 1.54) is 0 Å². The zero-order chi connectivity index (χ0) is 14.8. The number of piperidine rings is 1. The molecule has 1 aromatic rings. The fourth-order valence-electron chi connectivity index (χ4n) is 3.13. The number of likely N-dealkylation sites (tertiary alicyclic amines) is 1. The van der Waals surface area contributed by atoms with E-state index in [2.05, 4.69) is 5.32 Å². The molecule has 1 aromatic carbocycles. The number of nitrogens with one attached hydrogen (secondary N) is 1. The zero-order valence-corrected chi connectivity index (χ0v) is 13.2. The van der Waals surface area contributed by atoms with E-state index in [9.17, 15) is 4.79 Å². The zero-order valence-electron chi connectivity index (χ0n) is 11.6. The Kier molecular flexibility index (Phi) is 4.57. The van der Waals surface area contributed by atoms with Crippen molar-refractivity contribution in [2.24, 2.45) is 11.8 Å². The molecule has 2 atom stereocenters. The topological polar surface area (TPSA) is 41.6 Å². The number of fused-ring (bicyclic) bond motifs is 1. The van der Waals surface area contributed by atoms with E-state index < -0.39 is 0 Å². The second kappa shape index (κ2) is 6.42. The molecule has 3 rings (SSSR count). The van der Waals surface area contributed by atoms with Crippen LogP contribution in [0, 0.1) is 11.8 Å². The minimum atomic E-state index is -0.253. The lowest BCUT2D eigenvalue weighted by molar-refractivity contribution is 0.0730. The number of hydrogen-bond donors (Lipinski definition) is 1. The van der Waals surface area contributed by atoms with Crippen LogP contribution >= 0.6 is 23.2 Å². The molecule has 0 aromatic heterocycles. The van der Waals surface area contributed by atoms with Gasteiger partial charge in [-0.05, 0) is 55.1 Å². The maximum Gasteiger partial charge on any atom is 0.410 e. The van der Waals surface area contributed by atoms with E-state index in [0.29, 0.717) is 21.9 Å². The molecule has 21 heavy (non-hydrogen) atoms. The van der Waals surface area contributed by atoms with E-state index in [1.54, 1.807) is 23.1 Å². The molecule has 2 saturated heterocycles. The lowest BCUT2D eigenvalue weighted by atomic mass is 9.89.